The molecule has 2 rings (SSSR count). The molecule has 0 aromatic carbocycles. The fraction of sp³-hybridized carbons (Fsp3) is 0.400. The zero-order valence-electron chi connectivity index (χ0n) is 8.40. The lowest BCUT2D eigenvalue weighted by atomic mass is 10.2. The largest absolute Gasteiger partial charge is 0.471 e. The fourth-order valence-electron chi connectivity index (χ4n) is 1.25. The molecule has 1 fully saturated rings. The molecule has 1 aromatic heterocycles. The van der Waals surface area contributed by atoms with Gasteiger partial charge in [0.1, 0.15) is 11.7 Å². The van der Waals surface area contributed by atoms with Crippen LogP contribution in [0.5, 0.6) is 5.88 Å². The minimum atomic E-state index is -0.426. The lowest BCUT2D eigenvalue weighted by molar-refractivity contribution is 0.0586. The van der Waals surface area contributed by atoms with Crippen molar-refractivity contribution in [2.24, 2.45) is 0 Å². The molecule has 0 bridgehead atoms. The Labute approximate surface area is 87.4 Å². The van der Waals surface area contributed by atoms with Gasteiger partial charge in [-0.3, -0.25) is 0 Å². The van der Waals surface area contributed by atoms with E-state index < -0.39 is 5.97 Å². The third kappa shape index (κ3) is 2.07. The molecule has 0 spiro atoms. The Hall–Kier alpha value is -1.62. The molecular weight excluding hydrogens is 196 g/mol. The fourth-order valence-corrected chi connectivity index (χ4v) is 1.25. The number of pyridine rings is 1. The minimum absolute atomic E-state index is 0.100. The van der Waals surface area contributed by atoms with Crippen LogP contribution in [-0.4, -0.2) is 37.3 Å². The molecule has 80 valence electrons. The summed E-state index contributed by atoms with van der Waals surface area (Å²) in [4.78, 5) is 15.4. The van der Waals surface area contributed by atoms with Crippen molar-refractivity contribution in [3.63, 3.8) is 0 Å². The monoisotopic (exact) mass is 208 g/mol. The van der Waals surface area contributed by atoms with Crippen LogP contribution in [0.1, 0.15) is 10.4 Å². The Morgan fingerprint density at radius 1 is 1.60 bits per heavy atom. The molecule has 1 aliphatic heterocycles. The molecule has 15 heavy (non-hydrogen) atoms. The van der Waals surface area contributed by atoms with Crippen molar-refractivity contribution in [3.8, 4) is 5.88 Å². The number of esters is 1. The summed E-state index contributed by atoms with van der Waals surface area (Å²) in [5.41, 5.74) is 0.367. The van der Waals surface area contributed by atoms with E-state index in [1.165, 1.54) is 7.11 Å². The molecule has 0 unspecified atom stereocenters. The summed E-state index contributed by atoms with van der Waals surface area (Å²) < 4.78 is 10.2. The summed E-state index contributed by atoms with van der Waals surface area (Å²) in [5.74, 6) is -0.0822. The van der Waals surface area contributed by atoms with Crippen molar-refractivity contribution >= 4 is 5.97 Å². The zero-order valence-corrected chi connectivity index (χ0v) is 8.40. The quantitative estimate of drug-likeness (QED) is 0.720. The van der Waals surface area contributed by atoms with E-state index in [9.17, 15) is 4.79 Å². The number of methoxy groups -OCH3 is 1. The first-order valence-electron chi connectivity index (χ1n) is 4.72. The van der Waals surface area contributed by atoms with Gasteiger partial charge in [-0.15, -0.1) is 0 Å². The van der Waals surface area contributed by atoms with Gasteiger partial charge in [0.05, 0.1) is 7.11 Å². The second-order valence-electron chi connectivity index (χ2n) is 3.25. The van der Waals surface area contributed by atoms with Crippen molar-refractivity contribution in [1.29, 1.82) is 0 Å². The average molecular weight is 208 g/mol. The van der Waals surface area contributed by atoms with Crippen LogP contribution in [0.4, 0.5) is 0 Å². The normalized spacial score (nSPS) is 15.5. The molecule has 0 aliphatic carbocycles. The maximum Gasteiger partial charge on any atom is 0.343 e. The number of nitrogens with zero attached hydrogens (tertiary/aromatic N) is 1. The predicted octanol–water partition coefficient (Wildman–Crippen LogP) is 0.219. The van der Waals surface area contributed by atoms with E-state index in [2.05, 4.69) is 15.0 Å². The van der Waals surface area contributed by atoms with Crippen LogP contribution in [0, 0.1) is 0 Å². The molecule has 1 aliphatic rings. The number of hydrogen-bond acceptors (Lipinski definition) is 5. The Kier molecular flexibility index (Phi) is 2.82. The van der Waals surface area contributed by atoms with E-state index in [0.29, 0.717) is 11.4 Å². The lowest BCUT2D eigenvalue weighted by Gasteiger charge is -2.27. The molecule has 2 heterocycles. The first-order valence-corrected chi connectivity index (χ1v) is 4.72. The van der Waals surface area contributed by atoms with Gasteiger partial charge in [0, 0.05) is 19.3 Å². The lowest BCUT2D eigenvalue weighted by Crippen LogP contribution is -2.50. The Bertz CT molecular complexity index is 363. The van der Waals surface area contributed by atoms with Crippen LogP contribution in [0.25, 0.3) is 0 Å². The van der Waals surface area contributed by atoms with Gasteiger partial charge in [-0.05, 0) is 12.1 Å². The van der Waals surface area contributed by atoms with Gasteiger partial charge >= 0.3 is 5.97 Å². The van der Waals surface area contributed by atoms with Gasteiger partial charge in [0.25, 0.3) is 0 Å². The van der Waals surface area contributed by atoms with Crippen molar-refractivity contribution in [3.05, 3.63) is 23.9 Å². The van der Waals surface area contributed by atoms with Crippen molar-refractivity contribution in [2.75, 3.05) is 20.2 Å². The van der Waals surface area contributed by atoms with E-state index in [1.54, 1.807) is 18.3 Å². The average Bonchev–Trinajstić information content (AvgIpc) is 2.23. The topological polar surface area (TPSA) is 60.5 Å². The summed E-state index contributed by atoms with van der Waals surface area (Å²) >= 11 is 0. The van der Waals surface area contributed by atoms with Gasteiger partial charge in [0.15, 0.2) is 0 Å². The highest BCUT2D eigenvalue weighted by molar-refractivity contribution is 5.91. The molecular formula is C10H12N2O3. The van der Waals surface area contributed by atoms with Crippen LogP contribution in [0.2, 0.25) is 0 Å². The predicted molar refractivity (Wildman–Crippen MR) is 52.9 cm³/mol. The van der Waals surface area contributed by atoms with Crippen LogP contribution >= 0.6 is 0 Å². The first-order chi connectivity index (χ1) is 7.31. The number of carbonyl (C=O) groups is 1. The van der Waals surface area contributed by atoms with Gasteiger partial charge in [-0.2, -0.15) is 0 Å². The Morgan fingerprint density at radius 3 is 3.00 bits per heavy atom. The molecule has 0 atom stereocenters. The van der Waals surface area contributed by atoms with Crippen LogP contribution in [0.3, 0.4) is 0 Å². The smallest absolute Gasteiger partial charge is 0.343 e. The molecule has 5 nitrogen and oxygen atoms in total. The summed E-state index contributed by atoms with van der Waals surface area (Å²) in [6, 6.07) is 3.32. The van der Waals surface area contributed by atoms with Crippen LogP contribution < -0.4 is 10.1 Å². The first kappa shape index (κ1) is 9.92. The van der Waals surface area contributed by atoms with Gasteiger partial charge in [-0.25, -0.2) is 9.78 Å². The summed E-state index contributed by atoms with van der Waals surface area (Å²) in [7, 11) is 1.34. The Morgan fingerprint density at radius 2 is 2.40 bits per heavy atom. The second-order valence-corrected chi connectivity index (χ2v) is 3.25. The number of ether oxygens (including phenoxy) is 2. The molecule has 5 heteroatoms. The number of hydrogen-bond donors (Lipinski definition) is 1. The maximum absolute atomic E-state index is 11.4. The van der Waals surface area contributed by atoms with Crippen molar-refractivity contribution in [2.45, 2.75) is 6.10 Å². The molecule has 0 saturated carbocycles. The van der Waals surface area contributed by atoms with Crippen molar-refractivity contribution in [1.82, 2.24) is 10.3 Å². The number of nitrogens with one attached hydrogen (secondary N) is 1. The van der Waals surface area contributed by atoms with Crippen LogP contribution in [0.15, 0.2) is 18.3 Å². The summed E-state index contributed by atoms with van der Waals surface area (Å²) in [6.45, 7) is 1.58. The Balaban J connectivity index is 2.16. The van der Waals surface area contributed by atoms with Crippen molar-refractivity contribution < 1.29 is 14.3 Å². The molecule has 0 amide bonds. The standard InChI is InChI=1S/C10H12N2O3/c1-14-10(13)8-3-2-4-12-9(8)15-7-5-11-6-7/h2-4,7,11H,5-6H2,1H3. The van der Waals surface area contributed by atoms with Gasteiger partial charge < -0.3 is 14.8 Å². The number of rotatable bonds is 3. The minimum Gasteiger partial charge on any atom is -0.471 e. The highest BCUT2D eigenvalue weighted by Gasteiger charge is 2.22. The zero-order chi connectivity index (χ0) is 10.7. The molecule has 1 aromatic rings. The second kappa shape index (κ2) is 4.27. The van der Waals surface area contributed by atoms with Crippen LogP contribution in [-0.2, 0) is 4.74 Å². The molecule has 1 N–H and O–H groups in total. The third-order valence-electron chi connectivity index (χ3n) is 2.20. The molecule has 0 radical (unpaired) electrons. The van der Waals surface area contributed by atoms with Gasteiger partial charge in [0.2, 0.25) is 5.88 Å². The van der Waals surface area contributed by atoms with E-state index in [1.807, 2.05) is 0 Å². The SMILES string of the molecule is COC(=O)c1cccnc1OC1CNC1. The third-order valence-corrected chi connectivity index (χ3v) is 2.20. The maximum atomic E-state index is 11.4. The molecule has 1 saturated heterocycles. The highest BCUT2D eigenvalue weighted by Crippen LogP contribution is 2.17. The van der Waals surface area contributed by atoms with E-state index in [-0.39, 0.29) is 6.10 Å². The highest BCUT2D eigenvalue weighted by atomic mass is 16.5. The van der Waals surface area contributed by atoms with Gasteiger partial charge in [-0.1, -0.05) is 0 Å². The van der Waals surface area contributed by atoms with E-state index >= 15 is 0 Å². The number of carbonyl (C=O) groups excluding carboxylic acids is 1. The summed E-state index contributed by atoms with van der Waals surface area (Å²) in [5, 5.41) is 3.08. The summed E-state index contributed by atoms with van der Waals surface area (Å²) in [6.07, 6.45) is 1.69. The van der Waals surface area contributed by atoms with E-state index in [0.717, 1.165) is 13.1 Å². The van der Waals surface area contributed by atoms with E-state index in [4.69, 9.17) is 4.74 Å². The number of aromatic nitrogens is 1.